The molecule has 4 aromatic heterocycles. The predicted molar refractivity (Wildman–Crippen MR) is 125 cm³/mol. The Bertz CT molecular complexity index is 1440. The molecule has 1 atom stereocenters. The zero-order chi connectivity index (χ0) is 23.6. The Labute approximate surface area is 204 Å². The van der Waals surface area contributed by atoms with Crippen molar-refractivity contribution < 1.29 is 9.53 Å². The second-order valence-electron chi connectivity index (χ2n) is 9.25. The van der Waals surface area contributed by atoms with Gasteiger partial charge in [-0.15, -0.1) is 4.80 Å². The Kier molecular flexibility index (Phi) is 4.87. The first-order valence-corrected chi connectivity index (χ1v) is 11.6. The molecule has 6 rings (SSSR count). The van der Waals surface area contributed by atoms with Crippen molar-refractivity contribution in [3.63, 3.8) is 0 Å². The first-order valence-electron chi connectivity index (χ1n) is 10.8. The Morgan fingerprint density at radius 1 is 1.15 bits per heavy atom. The third-order valence-corrected chi connectivity index (χ3v) is 6.84. The average Bonchev–Trinajstić information content (AvgIpc) is 3.42. The lowest BCUT2D eigenvalue weighted by Crippen LogP contribution is -2.25. The summed E-state index contributed by atoms with van der Waals surface area (Å²) in [6.45, 7) is 5.45. The summed E-state index contributed by atoms with van der Waals surface area (Å²) in [6, 6.07) is 3.35. The van der Waals surface area contributed by atoms with E-state index in [0.717, 1.165) is 17.0 Å². The molecule has 0 radical (unpaired) electrons. The van der Waals surface area contributed by atoms with E-state index in [9.17, 15) is 4.79 Å². The molecule has 12 heteroatoms. The van der Waals surface area contributed by atoms with E-state index in [2.05, 4.69) is 44.4 Å². The van der Waals surface area contributed by atoms with E-state index < -0.39 is 5.92 Å². The summed E-state index contributed by atoms with van der Waals surface area (Å²) >= 11 is 12.6. The van der Waals surface area contributed by atoms with Crippen molar-refractivity contribution in [2.75, 3.05) is 18.5 Å². The van der Waals surface area contributed by atoms with E-state index in [-0.39, 0.29) is 17.2 Å². The van der Waals surface area contributed by atoms with Gasteiger partial charge in [-0.05, 0) is 12.5 Å². The fourth-order valence-corrected chi connectivity index (χ4v) is 5.06. The predicted octanol–water partition coefficient (Wildman–Crippen LogP) is 3.53. The molecule has 174 valence electrons. The van der Waals surface area contributed by atoms with Gasteiger partial charge in [-0.25, -0.2) is 14.5 Å². The molecule has 1 unspecified atom stereocenters. The molecule has 0 bridgehead atoms. The number of hydrogen-bond donors (Lipinski definition) is 1. The zero-order valence-corrected chi connectivity index (χ0v) is 19.9. The van der Waals surface area contributed by atoms with Crippen LogP contribution >= 0.6 is 23.2 Å². The van der Waals surface area contributed by atoms with Crippen molar-refractivity contribution in [1.82, 2.24) is 34.6 Å². The van der Waals surface area contributed by atoms with Gasteiger partial charge in [-0.2, -0.15) is 15.3 Å². The van der Waals surface area contributed by atoms with Crippen LogP contribution in [0.1, 0.15) is 49.1 Å². The number of halogens is 2. The van der Waals surface area contributed by atoms with Gasteiger partial charge in [0.1, 0.15) is 0 Å². The van der Waals surface area contributed by atoms with Gasteiger partial charge in [0, 0.05) is 23.2 Å². The Morgan fingerprint density at radius 3 is 2.71 bits per heavy atom. The van der Waals surface area contributed by atoms with Crippen molar-refractivity contribution in [2.24, 2.45) is 0 Å². The van der Waals surface area contributed by atoms with Crippen molar-refractivity contribution in [3.05, 3.63) is 57.9 Å². The van der Waals surface area contributed by atoms with Crippen LogP contribution in [0.5, 0.6) is 0 Å². The standard InChI is InChI=1S/C22H20Cl2N8O2/c1-22(2)5-13(14-7-25-18-4-17(24)30-31(18)19(14)22)21(33)28-12-3-15(23)20(26-6-12)32-27-8-16(29-32)11-9-34-10-11/h3-4,6-8,11,13H,5,9-10H2,1-2H3,(H,28,33). The molecular formula is C22H20Cl2N8O2. The highest BCUT2D eigenvalue weighted by Crippen LogP contribution is 2.46. The van der Waals surface area contributed by atoms with Crippen LogP contribution in [-0.4, -0.2) is 53.7 Å². The van der Waals surface area contributed by atoms with E-state index in [1.807, 2.05) is 0 Å². The first kappa shape index (κ1) is 21.5. The van der Waals surface area contributed by atoms with Crippen molar-refractivity contribution >= 4 is 40.4 Å². The number of hydrogen-bond acceptors (Lipinski definition) is 7. The normalized spacial score (nSPS) is 19.2. The van der Waals surface area contributed by atoms with Gasteiger partial charge in [-0.1, -0.05) is 37.0 Å². The van der Waals surface area contributed by atoms with Gasteiger partial charge < -0.3 is 10.1 Å². The maximum atomic E-state index is 13.3. The summed E-state index contributed by atoms with van der Waals surface area (Å²) in [6.07, 6.45) is 5.59. The van der Waals surface area contributed by atoms with Crippen molar-refractivity contribution in [2.45, 2.75) is 37.5 Å². The highest BCUT2D eigenvalue weighted by molar-refractivity contribution is 6.32. The van der Waals surface area contributed by atoms with Crippen LogP contribution in [0.2, 0.25) is 10.2 Å². The van der Waals surface area contributed by atoms with Gasteiger partial charge in [-0.3, -0.25) is 4.79 Å². The molecule has 1 amide bonds. The fraction of sp³-hybridized carbons (Fsp3) is 0.364. The third-order valence-electron chi connectivity index (χ3n) is 6.37. The number of ether oxygens (including phenoxy) is 1. The molecule has 1 saturated heterocycles. The average molecular weight is 499 g/mol. The van der Waals surface area contributed by atoms with E-state index in [1.165, 1.54) is 4.80 Å². The molecule has 1 fully saturated rings. The number of pyridine rings is 1. The summed E-state index contributed by atoms with van der Waals surface area (Å²) in [5.41, 5.74) is 3.46. The van der Waals surface area contributed by atoms with E-state index in [1.54, 1.807) is 35.2 Å². The van der Waals surface area contributed by atoms with Crippen molar-refractivity contribution in [1.29, 1.82) is 0 Å². The van der Waals surface area contributed by atoms with E-state index in [4.69, 9.17) is 27.9 Å². The van der Waals surface area contributed by atoms with Gasteiger partial charge >= 0.3 is 0 Å². The van der Waals surface area contributed by atoms with Gasteiger partial charge in [0.05, 0.1) is 59.5 Å². The minimum absolute atomic E-state index is 0.165. The van der Waals surface area contributed by atoms with Gasteiger partial charge in [0.2, 0.25) is 5.91 Å². The van der Waals surface area contributed by atoms with Crippen LogP contribution in [0.25, 0.3) is 11.5 Å². The number of nitrogens with zero attached hydrogens (tertiary/aromatic N) is 7. The lowest BCUT2D eigenvalue weighted by atomic mass is 9.88. The minimum Gasteiger partial charge on any atom is -0.380 e. The SMILES string of the molecule is CC1(C)CC(C(=O)Nc2cnc(-n3ncc(C4COC4)n3)c(Cl)c2)c2cnc3cc(Cl)nn3c21. The highest BCUT2D eigenvalue weighted by atomic mass is 35.5. The molecule has 5 heterocycles. The number of carbonyl (C=O) groups excluding carboxylic acids is 1. The lowest BCUT2D eigenvalue weighted by Gasteiger charge is -2.23. The van der Waals surface area contributed by atoms with Gasteiger partial charge in [0.25, 0.3) is 0 Å². The number of anilines is 1. The summed E-state index contributed by atoms with van der Waals surface area (Å²) in [5, 5.41) is 16.7. The lowest BCUT2D eigenvalue weighted by molar-refractivity contribution is -0.117. The number of nitrogens with one attached hydrogen (secondary N) is 1. The summed E-state index contributed by atoms with van der Waals surface area (Å²) in [7, 11) is 0. The zero-order valence-electron chi connectivity index (χ0n) is 18.4. The van der Waals surface area contributed by atoms with Crippen molar-refractivity contribution in [3.8, 4) is 5.82 Å². The second kappa shape index (κ2) is 7.72. The molecule has 4 aromatic rings. The molecule has 1 N–H and O–H groups in total. The largest absolute Gasteiger partial charge is 0.380 e. The molecule has 1 aliphatic carbocycles. The fourth-order valence-electron chi connectivity index (χ4n) is 4.65. The van der Waals surface area contributed by atoms with Crippen LogP contribution < -0.4 is 5.32 Å². The topological polar surface area (TPSA) is 112 Å². The molecule has 10 nitrogen and oxygen atoms in total. The van der Waals surface area contributed by atoms with Crippen LogP contribution in [-0.2, 0) is 14.9 Å². The number of amides is 1. The first-order chi connectivity index (χ1) is 16.3. The molecule has 0 spiro atoms. The Balaban J connectivity index is 1.25. The van der Waals surface area contributed by atoms with Gasteiger partial charge in [0.15, 0.2) is 16.6 Å². The minimum atomic E-state index is -0.400. The van der Waals surface area contributed by atoms with E-state index >= 15 is 0 Å². The van der Waals surface area contributed by atoms with E-state index in [0.29, 0.717) is 47.0 Å². The molecule has 1 aliphatic heterocycles. The van der Waals surface area contributed by atoms with Crippen LogP contribution in [0, 0.1) is 0 Å². The monoisotopic (exact) mass is 498 g/mol. The molecular weight excluding hydrogens is 479 g/mol. The number of fused-ring (bicyclic) bond motifs is 3. The van der Waals surface area contributed by atoms with Crippen LogP contribution in [0.3, 0.4) is 0 Å². The smallest absolute Gasteiger partial charge is 0.232 e. The molecule has 34 heavy (non-hydrogen) atoms. The number of aromatic nitrogens is 7. The maximum Gasteiger partial charge on any atom is 0.232 e. The summed E-state index contributed by atoms with van der Waals surface area (Å²) < 4.78 is 6.94. The Hall–Kier alpha value is -3.08. The van der Waals surface area contributed by atoms with Crippen LogP contribution in [0.15, 0.2) is 30.7 Å². The highest BCUT2D eigenvalue weighted by Gasteiger charge is 2.43. The summed E-state index contributed by atoms with van der Waals surface area (Å²) in [5.74, 6) is 0.0727. The maximum absolute atomic E-state index is 13.3. The second-order valence-corrected chi connectivity index (χ2v) is 10.0. The number of rotatable bonds is 4. The Morgan fingerprint density at radius 2 is 1.97 bits per heavy atom. The number of carbonyl (C=O) groups is 1. The quantitative estimate of drug-likeness (QED) is 0.457. The summed E-state index contributed by atoms with van der Waals surface area (Å²) in [4.78, 5) is 23.5. The molecule has 0 aromatic carbocycles. The molecule has 2 aliphatic rings. The third kappa shape index (κ3) is 3.44. The molecule has 0 saturated carbocycles. The van der Waals surface area contributed by atoms with Crippen LogP contribution in [0.4, 0.5) is 5.69 Å².